The van der Waals surface area contributed by atoms with Crippen molar-refractivity contribution in [3.05, 3.63) is 29.8 Å². The van der Waals surface area contributed by atoms with Crippen LogP contribution >= 0.6 is 12.6 Å². The van der Waals surface area contributed by atoms with Crippen LogP contribution in [0, 0.1) is 11.8 Å². The second-order valence-corrected chi connectivity index (χ2v) is 19.4. The van der Waals surface area contributed by atoms with Crippen LogP contribution in [0.3, 0.4) is 0 Å². The Morgan fingerprint density at radius 1 is 0.449 bits per heavy atom. The van der Waals surface area contributed by atoms with Gasteiger partial charge in [-0.15, -0.1) is 0 Å². The minimum absolute atomic E-state index is 0.0384. The number of carbonyl (C=O) groups is 14. The number of phenols is 1. The number of carboxylic acids is 2. The standard InChI is InChI=1S/C47H73N13O17S/c1-21(2)15-25(48)39(68)53-28(11-14-38(66)67)40(69)54-26(9-12-34(49)62)41(70)56-29(16-22(3)4)43(72)55-27(10-13-35(50)63)42(71)58-31(18-36(51)64)45(74)57-30(17-23-5-7-24(61)8-6-23)44(73)60-33(20-78)46(75)59-32(47(76)77)19-37(52)65/h5-8,21-22,25-33,61,78H,9-20,48H2,1-4H3,(H2,49,62)(H2,50,63)(H2,51,64)(H2,52,65)(H,53,68)(H,54,69)(H,55,72)(H,56,70)(H,57,74)(H,58,71)(H,59,75)(H,60,73)(H,66,67)(H,76,77)/t25-,26-,27-,28-,29-,30-,31-,32-,33-/m0/s1. The second kappa shape index (κ2) is 33.8. The minimum atomic E-state index is -1.94. The third kappa shape index (κ3) is 26.6. The van der Waals surface area contributed by atoms with Gasteiger partial charge >= 0.3 is 11.9 Å². The number of primary amides is 4. The number of carboxylic acid groups (broad SMARTS) is 2. The first-order valence-corrected chi connectivity index (χ1v) is 25.1. The van der Waals surface area contributed by atoms with Crippen molar-refractivity contribution in [2.45, 2.75) is 153 Å². The molecule has 0 heterocycles. The van der Waals surface area contributed by atoms with Gasteiger partial charge in [-0.1, -0.05) is 39.8 Å². The molecule has 9 atom stereocenters. The highest BCUT2D eigenvalue weighted by Crippen LogP contribution is 2.14. The average molecular weight is 1120 g/mol. The van der Waals surface area contributed by atoms with E-state index in [1.54, 1.807) is 27.7 Å². The number of rotatable bonds is 37. The number of amides is 12. The van der Waals surface area contributed by atoms with Gasteiger partial charge in [-0.05, 0) is 61.6 Å². The lowest BCUT2D eigenvalue weighted by atomic mass is 10.0. The molecule has 1 aromatic carbocycles. The lowest BCUT2D eigenvalue weighted by molar-refractivity contribution is -0.143. The summed E-state index contributed by atoms with van der Waals surface area (Å²) in [6, 6.07) is -9.44. The largest absolute Gasteiger partial charge is 0.508 e. The summed E-state index contributed by atoms with van der Waals surface area (Å²) in [5.74, 6) is -16.9. The van der Waals surface area contributed by atoms with Crippen LogP contribution in [0.2, 0.25) is 0 Å². The normalized spacial score (nSPS) is 14.5. The molecule has 12 amide bonds. The van der Waals surface area contributed by atoms with E-state index >= 15 is 0 Å². The second-order valence-electron chi connectivity index (χ2n) is 19.0. The molecule has 1 aromatic rings. The van der Waals surface area contributed by atoms with E-state index in [0.717, 1.165) is 0 Å². The third-order valence-electron chi connectivity index (χ3n) is 11.2. The number of benzene rings is 1. The van der Waals surface area contributed by atoms with Crippen LogP contribution in [0.1, 0.15) is 97.5 Å². The quantitative estimate of drug-likeness (QED) is 0.0276. The number of nitrogens with one attached hydrogen (secondary N) is 8. The van der Waals surface area contributed by atoms with Gasteiger partial charge in [-0.3, -0.25) is 62.3 Å². The Morgan fingerprint density at radius 2 is 0.795 bits per heavy atom. The molecule has 0 saturated heterocycles. The van der Waals surface area contributed by atoms with Crippen LogP contribution < -0.4 is 71.2 Å². The summed E-state index contributed by atoms with van der Waals surface area (Å²) < 4.78 is 0. The predicted molar refractivity (Wildman–Crippen MR) is 277 cm³/mol. The first-order valence-electron chi connectivity index (χ1n) is 24.5. The van der Waals surface area contributed by atoms with Crippen molar-refractivity contribution in [2.75, 3.05) is 5.75 Å². The minimum Gasteiger partial charge on any atom is -0.508 e. The highest BCUT2D eigenvalue weighted by atomic mass is 32.1. The summed E-state index contributed by atoms with van der Waals surface area (Å²) in [4.78, 5) is 181. The molecule has 0 bridgehead atoms. The molecule has 78 heavy (non-hydrogen) atoms. The molecule has 1 rings (SSSR count). The van der Waals surface area contributed by atoms with Gasteiger partial charge in [-0.2, -0.15) is 12.6 Å². The van der Waals surface area contributed by atoms with E-state index in [0.29, 0.717) is 5.56 Å². The Bertz CT molecular complexity index is 2340. The zero-order valence-electron chi connectivity index (χ0n) is 43.5. The van der Waals surface area contributed by atoms with Crippen LogP contribution in [0.5, 0.6) is 5.75 Å². The molecule has 0 aromatic heterocycles. The van der Waals surface area contributed by atoms with Gasteiger partial charge in [0.15, 0.2) is 0 Å². The fraction of sp³-hybridized carbons (Fsp3) is 0.574. The van der Waals surface area contributed by atoms with Gasteiger partial charge in [0, 0.05) is 31.4 Å². The molecule has 0 unspecified atom stereocenters. The lowest BCUT2D eigenvalue weighted by Gasteiger charge is -2.28. The van der Waals surface area contributed by atoms with Crippen molar-refractivity contribution in [3.8, 4) is 5.75 Å². The van der Waals surface area contributed by atoms with E-state index in [-0.39, 0.29) is 30.4 Å². The van der Waals surface area contributed by atoms with E-state index in [1.807, 2.05) is 0 Å². The van der Waals surface area contributed by atoms with Crippen molar-refractivity contribution in [1.82, 2.24) is 42.5 Å². The molecular weight excluding hydrogens is 1050 g/mol. The van der Waals surface area contributed by atoms with Crippen LogP contribution in [-0.4, -0.2) is 158 Å². The summed E-state index contributed by atoms with van der Waals surface area (Å²) in [5, 5.41) is 47.2. The molecule has 21 N–H and O–H groups in total. The Balaban J connectivity index is 3.61. The topological polar surface area (TPSA) is 526 Å². The molecule has 31 heteroatoms. The molecule has 434 valence electrons. The predicted octanol–water partition coefficient (Wildman–Crippen LogP) is -5.61. The van der Waals surface area contributed by atoms with Crippen LogP contribution in [-0.2, 0) is 73.5 Å². The molecule has 0 aliphatic heterocycles. The summed E-state index contributed by atoms with van der Waals surface area (Å²) >= 11 is 4.05. The molecule has 0 spiro atoms. The fourth-order valence-electron chi connectivity index (χ4n) is 7.23. The number of carbonyl (C=O) groups excluding carboxylic acids is 12. The van der Waals surface area contributed by atoms with Crippen molar-refractivity contribution < 1.29 is 82.4 Å². The van der Waals surface area contributed by atoms with Crippen molar-refractivity contribution in [2.24, 2.45) is 40.5 Å². The van der Waals surface area contributed by atoms with Crippen molar-refractivity contribution in [1.29, 1.82) is 0 Å². The van der Waals surface area contributed by atoms with Gasteiger partial charge in [0.25, 0.3) is 0 Å². The summed E-state index contributed by atoms with van der Waals surface area (Å²) in [7, 11) is 0. The Kier molecular flexibility index (Phi) is 29.5. The highest BCUT2D eigenvalue weighted by molar-refractivity contribution is 7.80. The van der Waals surface area contributed by atoms with E-state index in [1.165, 1.54) is 24.3 Å². The molecule has 0 radical (unpaired) electrons. The van der Waals surface area contributed by atoms with Crippen molar-refractivity contribution >= 4 is 95.5 Å². The number of phenolic OH excluding ortho intramolecular Hbond substituents is 1. The van der Waals surface area contributed by atoms with E-state index in [4.69, 9.17) is 28.7 Å². The number of aromatic hydroxyl groups is 1. The molecule has 0 saturated carbocycles. The highest BCUT2D eigenvalue weighted by Gasteiger charge is 2.36. The number of nitrogens with two attached hydrogens (primary N) is 5. The zero-order valence-corrected chi connectivity index (χ0v) is 44.4. The third-order valence-corrected chi connectivity index (χ3v) is 11.6. The Morgan fingerprint density at radius 3 is 1.22 bits per heavy atom. The van der Waals surface area contributed by atoms with Gasteiger partial charge < -0.3 is 86.5 Å². The molecule has 0 aliphatic carbocycles. The molecular formula is C47H73N13O17S. The maximum absolute atomic E-state index is 14.1. The first-order chi connectivity index (χ1) is 36.3. The van der Waals surface area contributed by atoms with Crippen LogP contribution in [0.15, 0.2) is 24.3 Å². The number of thiol groups is 1. The number of hydrogen-bond acceptors (Lipinski definition) is 17. The van der Waals surface area contributed by atoms with Gasteiger partial charge in [0.05, 0.1) is 18.9 Å². The smallest absolute Gasteiger partial charge is 0.326 e. The average Bonchev–Trinajstić information content (AvgIpc) is 3.32. The number of aliphatic carboxylic acids is 2. The van der Waals surface area contributed by atoms with Gasteiger partial charge in [0.2, 0.25) is 70.9 Å². The summed E-state index contributed by atoms with van der Waals surface area (Å²) in [6.07, 6.45) is -5.26. The maximum Gasteiger partial charge on any atom is 0.326 e. The fourth-order valence-corrected chi connectivity index (χ4v) is 7.49. The Hall–Kier alpha value is -8.09. The summed E-state index contributed by atoms with van der Waals surface area (Å²) in [5.41, 5.74) is 27.5. The number of hydrogen-bond donors (Lipinski definition) is 17. The monoisotopic (exact) mass is 1120 g/mol. The first kappa shape index (κ1) is 67.9. The SMILES string of the molecule is CC(C)C[C@H](NC(=O)[C@H](CCC(N)=O)NC(=O)[C@H](CCC(=O)O)NC(=O)[C@@H](N)CC(C)C)C(=O)N[C@@H](CCC(N)=O)C(=O)N[C@@H](CC(N)=O)C(=O)N[C@@H](Cc1ccc(O)cc1)C(=O)N[C@@H](CS)C(=O)N[C@@H](CC(N)=O)C(=O)O. The van der Waals surface area contributed by atoms with Gasteiger partial charge in [-0.25, -0.2) is 4.79 Å². The van der Waals surface area contributed by atoms with E-state index < -0.39 is 201 Å². The van der Waals surface area contributed by atoms with Crippen LogP contribution in [0.25, 0.3) is 0 Å². The van der Waals surface area contributed by atoms with E-state index in [9.17, 15) is 82.4 Å². The molecule has 30 nitrogen and oxygen atoms in total. The van der Waals surface area contributed by atoms with Crippen molar-refractivity contribution in [3.63, 3.8) is 0 Å². The van der Waals surface area contributed by atoms with Crippen LogP contribution in [0.4, 0.5) is 0 Å². The lowest BCUT2D eigenvalue weighted by Crippen LogP contribution is -2.61. The summed E-state index contributed by atoms with van der Waals surface area (Å²) in [6.45, 7) is 6.87. The maximum atomic E-state index is 14.1. The zero-order chi connectivity index (χ0) is 59.6. The Labute approximate surface area is 453 Å². The molecule has 0 aliphatic rings. The van der Waals surface area contributed by atoms with E-state index in [2.05, 4.69) is 55.2 Å². The molecule has 0 fully saturated rings. The van der Waals surface area contributed by atoms with Gasteiger partial charge in [0.1, 0.15) is 54.1 Å².